The second kappa shape index (κ2) is 5.95. The predicted octanol–water partition coefficient (Wildman–Crippen LogP) is 4.16. The standard InChI is InChI=1S/C14H17Cl2N3/c1-4-17-9(2)11-5-6-14(12(15)7-11)19-8-13(16)10(3)18-19/h5-9,17H,4H2,1-3H3. The molecule has 0 fully saturated rings. The maximum Gasteiger partial charge on any atom is 0.0832 e. The van der Waals surface area contributed by atoms with Crippen molar-refractivity contribution < 1.29 is 0 Å². The van der Waals surface area contributed by atoms with E-state index in [0.29, 0.717) is 10.0 Å². The first-order valence-corrected chi connectivity index (χ1v) is 7.03. The number of nitrogens with zero attached hydrogens (tertiary/aromatic N) is 2. The van der Waals surface area contributed by atoms with Gasteiger partial charge in [0.2, 0.25) is 0 Å². The summed E-state index contributed by atoms with van der Waals surface area (Å²) in [6.07, 6.45) is 1.77. The van der Waals surface area contributed by atoms with Crippen LogP contribution in [0, 0.1) is 6.92 Å². The Morgan fingerprint density at radius 2 is 2.05 bits per heavy atom. The van der Waals surface area contributed by atoms with Crippen molar-refractivity contribution in [1.82, 2.24) is 15.1 Å². The minimum Gasteiger partial charge on any atom is -0.310 e. The number of halogens is 2. The van der Waals surface area contributed by atoms with E-state index in [1.807, 2.05) is 19.1 Å². The van der Waals surface area contributed by atoms with E-state index in [0.717, 1.165) is 23.5 Å². The predicted molar refractivity (Wildman–Crippen MR) is 80.4 cm³/mol. The van der Waals surface area contributed by atoms with Crippen LogP contribution in [-0.2, 0) is 0 Å². The van der Waals surface area contributed by atoms with Crippen LogP contribution in [0.3, 0.4) is 0 Å². The minimum atomic E-state index is 0.277. The van der Waals surface area contributed by atoms with Gasteiger partial charge in [-0.1, -0.05) is 36.2 Å². The highest BCUT2D eigenvalue weighted by Crippen LogP contribution is 2.26. The summed E-state index contributed by atoms with van der Waals surface area (Å²) in [7, 11) is 0. The molecule has 1 atom stereocenters. The molecule has 1 heterocycles. The first kappa shape index (κ1) is 14.4. The molecule has 2 aromatic rings. The lowest BCUT2D eigenvalue weighted by Gasteiger charge is -2.14. The fraction of sp³-hybridized carbons (Fsp3) is 0.357. The Kier molecular flexibility index (Phi) is 4.50. The Balaban J connectivity index is 2.34. The molecule has 19 heavy (non-hydrogen) atoms. The zero-order valence-corrected chi connectivity index (χ0v) is 12.8. The zero-order valence-electron chi connectivity index (χ0n) is 11.2. The highest BCUT2D eigenvalue weighted by atomic mass is 35.5. The SMILES string of the molecule is CCNC(C)c1ccc(-n2cc(Cl)c(C)n2)c(Cl)c1. The maximum absolute atomic E-state index is 6.34. The number of nitrogens with one attached hydrogen (secondary N) is 1. The molecule has 0 amide bonds. The highest BCUT2D eigenvalue weighted by molar-refractivity contribution is 6.32. The van der Waals surface area contributed by atoms with Gasteiger partial charge in [0, 0.05) is 12.2 Å². The van der Waals surface area contributed by atoms with Crippen LogP contribution in [0.2, 0.25) is 10.0 Å². The van der Waals surface area contributed by atoms with Crippen LogP contribution in [0.25, 0.3) is 5.69 Å². The van der Waals surface area contributed by atoms with Crippen LogP contribution in [0.5, 0.6) is 0 Å². The van der Waals surface area contributed by atoms with Crippen LogP contribution in [0.1, 0.15) is 31.1 Å². The number of aromatic nitrogens is 2. The molecule has 1 aromatic heterocycles. The van der Waals surface area contributed by atoms with Crippen molar-refractivity contribution in [2.24, 2.45) is 0 Å². The first-order valence-electron chi connectivity index (χ1n) is 6.28. The lowest BCUT2D eigenvalue weighted by molar-refractivity contribution is 0.598. The van der Waals surface area contributed by atoms with E-state index in [1.54, 1.807) is 10.9 Å². The van der Waals surface area contributed by atoms with Gasteiger partial charge in [-0.3, -0.25) is 0 Å². The van der Waals surface area contributed by atoms with E-state index in [1.165, 1.54) is 0 Å². The van der Waals surface area contributed by atoms with Crippen LogP contribution in [0.15, 0.2) is 24.4 Å². The molecule has 0 aliphatic rings. The lowest BCUT2D eigenvalue weighted by atomic mass is 10.1. The monoisotopic (exact) mass is 297 g/mol. The molecule has 0 saturated carbocycles. The van der Waals surface area contributed by atoms with Crippen molar-refractivity contribution in [3.63, 3.8) is 0 Å². The van der Waals surface area contributed by atoms with Gasteiger partial charge in [-0.05, 0) is 38.1 Å². The van der Waals surface area contributed by atoms with Gasteiger partial charge in [-0.25, -0.2) is 4.68 Å². The Labute approximate surface area is 123 Å². The second-order valence-corrected chi connectivity index (χ2v) is 5.31. The molecule has 102 valence electrons. The van der Waals surface area contributed by atoms with Gasteiger partial charge in [-0.15, -0.1) is 0 Å². The number of aryl methyl sites for hydroxylation is 1. The van der Waals surface area contributed by atoms with Crippen molar-refractivity contribution in [3.05, 3.63) is 45.7 Å². The zero-order chi connectivity index (χ0) is 14.0. The van der Waals surface area contributed by atoms with Crippen LogP contribution >= 0.6 is 23.2 Å². The number of hydrogen-bond donors (Lipinski definition) is 1. The van der Waals surface area contributed by atoms with Crippen molar-refractivity contribution in [2.75, 3.05) is 6.54 Å². The number of rotatable bonds is 4. The maximum atomic E-state index is 6.34. The van der Waals surface area contributed by atoms with E-state index >= 15 is 0 Å². The fourth-order valence-corrected chi connectivity index (χ4v) is 2.37. The number of hydrogen-bond acceptors (Lipinski definition) is 2. The minimum absolute atomic E-state index is 0.277. The Morgan fingerprint density at radius 1 is 1.32 bits per heavy atom. The number of benzene rings is 1. The van der Waals surface area contributed by atoms with Gasteiger partial charge in [-0.2, -0.15) is 5.10 Å². The molecule has 1 N–H and O–H groups in total. The molecule has 5 heteroatoms. The molecule has 1 aromatic carbocycles. The molecule has 3 nitrogen and oxygen atoms in total. The summed E-state index contributed by atoms with van der Waals surface area (Å²) in [5.41, 5.74) is 2.79. The van der Waals surface area contributed by atoms with Gasteiger partial charge in [0.25, 0.3) is 0 Å². The summed E-state index contributed by atoms with van der Waals surface area (Å²) in [5, 5.41) is 9.00. The molecule has 2 rings (SSSR count). The molecular weight excluding hydrogens is 281 g/mol. The van der Waals surface area contributed by atoms with E-state index in [2.05, 4.69) is 30.3 Å². The smallest absolute Gasteiger partial charge is 0.0832 e. The molecule has 0 aliphatic heterocycles. The highest BCUT2D eigenvalue weighted by Gasteiger charge is 2.10. The van der Waals surface area contributed by atoms with Crippen molar-refractivity contribution in [1.29, 1.82) is 0 Å². The topological polar surface area (TPSA) is 29.9 Å². The molecule has 0 aliphatic carbocycles. The van der Waals surface area contributed by atoms with Crippen molar-refractivity contribution >= 4 is 23.2 Å². The molecule has 0 bridgehead atoms. The Hall–Kier alpha value is -1.03. The van der Waals surface area contributed by atoms with Crippen LogP contribution in [0.4, 0.5) is 0 Å². The van der Waals surface area contributed by atoms with Gasteiger partial charge >= 0.3 is 0 Å². The first-order chi connectivity index (χ1) is 9.02. The summed E-state index contributed by atoms with van der Waals surface area (Å²) in [6.45, 7) is 6.99. The quantitative estimate of drug-likeness (QED) is 0.918. The third kappa shape index (κ3) is 3.11. The van der Waals surface area contributed by atoms with E-state index in [-0.39, 0.29) is 6.04 Å². The lowest BCUT2D eigenvalue weighted by Crippen LogP contribution is -2.17. The second-order valence-electron chi connectivity index (χ2n) is 4.50. The molecule has 0 saturated heterocycles. The third-order valence-electron chi connectivity index (χ3n) is 3.07. The summed E-state index contributed by atoms with van der Waals surface area (Å²) in [4.78, 5) is 0. The average molecular weight is 298 g/mol. The van der Waals surface area contributed by atoms with Gasteiger partial charge < -0.3 is 5.32 Å². The van der Waals surface area contributed by atoms with E-state index in [9.17, 15) is 0 Å². The van der Waals surface area contributed by atoms with Crippen LogP contribution < -0.4 is 5.32 Å². The van der Waals surface area contributed by atoms with E-state index < -0.39 is 0 Å². The third-order valence-corrected chi connectivity index (χ3v) is 3.74. The summed E-state index contributed by atoms with van der Waals surface area (Å²) < 4.78 is 1.71. The largest absolute Gasteiger partial charge is 0.310 e. The molecular formula is C14H17Cl2N3. The summed E-state index contributed by atoms with van der Waals surface area (Å²) >= 11 is 12.4. The summed E-state index contributed by atoms with van der Waals surface area (Å²) in [6, 6.07) is 6.27. The Morgan fingerprint density at radius 3 is 2.58 bits per heavy atom. The van der Waals surface area contributed by atoms with Crippen molar-refractivity contribution in [2.45, 2.75) is 26.8 Å². The average Bonchev–Trinajstić information content (AvgIpc) is 2.69. The van der Waals surface area contributed by atoms with Gasteiger partial charge in [0.1, 0.15) is 0 Å². The van der Waals surface area contributed by atoms with Crippen molar-refractivity contribution in [3.8, 4) is 5.69 Å². The van der Waals surface area contributed by atoms with E-state index in [4.69, 9.17) is 23.2 Å². The fourth-order valence-electron chi connectivity index (χ4n) is 1.96. The van der Waals surface area contributed by atoms with Gasteiger partial charge in [0.05, 0.1) is 21.4 Å². The molecule has 1 unspecified atom stereocenters. The Bertz CT molecular complexity index is 559. The van der Waals surface area contributed by atoms with Gasteiger partial charge in [0.15, 0.2) is 0 Å². The summed E-state index contributed by atoms with van der Waals surface area (Å²) in [5.74, 6) is 0. The molecule has 0 spiro atoms. The normalized spacial score (nSPS) is 12.7. The van der Waals surface area contributed by atoms with Crippen LogP contribution in [-0.4, -0.2) is 16.3 Å². The molecule has 0 radical (unpaired) electrons.